The van der Waals surface area contributed by atoms with Crippen LogP contribution in [0.15, 0.2) is 4.99 Å². The van der Waals surface area contributed by atoms with E-state index in [-0.39, 0.29) is 11.8 Å². The average Bonchev–Trinajstić information content (AvgIpc) is 2.93. The number of carbonyl (C=O) groups excluding carboxylic acids is 2. The zero-order valence-corrected chi connectivity index (χ0v) is 17.6. The molecule has 0 atom stereocenters. The van der Waals surface area contributed by atoms with Gasteiger partial charge < -0.3 is 20.9 Å². The van der Waals surface area contributed by atoms with Gasteiger partial charge in [0.05, 0.1) is 0 Å². The van der Waals surface area contributed by atoms with Crippen molar-refractivity contribution in [3.63, 3.8) is 0 Å². The van der Waals surface area contributed by atoms with E-state index in [1.54, 1.807) is 0 Å². The van der Waals surface area contributed by atoms with Gasteiger partial charge in [0.1, 0.15) is 0 Å². The number of aliphatic imine (C=N–C) groups is 1. The van der Waals surface area contributed by atoms with Gasteiger partial charge in [-0.05, 0) is 39.0 Å². The van der Waals surface area contributed by atoms with E-state index in [9.17, 15) is 9.59 Å². The van der Waals surface area contributed by atoms with Crippen molar-refractivity contribution in [2.45, 2.75) is 71.1 Å². The first-order valence-corrected chi connectivity index (χ1v) is 11.3. The van der Waals surface area contributed by atoms with E-state index >= 15 is 0 Å². The van der Waals surface area contributed by atoms with E-state index in [2.05, 4.69) is 20.9 Å². The Bertz CT molecular complexity index is 503. The summed E-state index contributed by atoms with van der Waals surface area (Å²) in [5.74, 6) is 1.47. The molecule has 0 aromatic rings. The van der Waals surface area contributed by atoms with Crippen molar-refractivity contribution in [3.05, 3.63) is 0 Å². The molecule has 0 spiro atoms. The first-order valence-electron chi connectivity index (χ1n) is 11.3. The minimum absolute atomic E-state index is 0.200. The van der Waals surface area contributed by atoms with Crippen LogP contribution in [-0.2, 0) is 9.59 Å². The van der Waals surface area contributed by atoms with Crippen molar-refractivity contribution in [2.75, 3.05) is 39.3 Å². The van der Waals surface area contributed by atoms with Gasteiger partial charge in [0, 0.05) is 51.6 Å². The summed E-state index contributed by atoms with van der Waals surface area (Å²) in [6, 6.07) is 0. The third-order valence-corrected chi connectivity index (χ3v) is 5.56. The van der Waals surface area contributed by atoms with Crippen molar-refractivity contribution >= 4 is 17.8 Å². The lowest BCUT2D eigenvalue weighted by molar-refractivity contribution is -0.130. The van der Waals surface area contributed by atoms with E-state index < -0.39 is 0 Å². The van der Waals surface area contributed by atoms with Crippen molar-refractivity contribution in [2.24, 2.45) is 10.9 Å². The number of nitrogens with one attached hydrogen (secondary N) is 3. The van der Waals surface area contributed by atoms with Gasteiger partial charge >= 0.3 is 0 Å². The van der Waals surface area contributed by atoms with Crippen molar-refractivity contribution < 1.29 is 9.59 Å². The number of rotatable bonds is 9. The fourth-order valence-corrected chi connectivity index (χ4v) is 3.94. The summed E-state index contributed by atoms with van der Waals surface area (Å²) >= 11 is 0. The lowest BCUT2D eigenvalue weighted by Crippen LogP contribution is -2.42. The molecule has 160 valence electrons. The third-order valence-electron chi connectivity index (χ3n) is 5.56. The molecule has 1 aliphatic carbocycles. The van der Waals surface area contributed by atoms with E-state index in [4.69, 9.17) is 0 Å². The van der Waals surface area contributed by atoms with Gasteiger partial charge in [-0.3, -0.25) is 14.6 Å². The van der Waals surface area contributed by atoms with E-state index in [0.717, 1.165) is 64.1 Å². The lowest BCUT2D eigenvalue weighted by Gasteiger charge is -2.21. The average molecular weight is 394 g/mol. The molecule has 1 aliphatic heterocycles. The Labute approximate surface area is 170 Å². The Kier molecular flexibility index (Phi) is 10.8. The topological polar surface area (TPSA) is 85.8 Å². The molecule has 2 rings (SSSR count). The Hall–Kier alpha value is -1.79. The maximum absolute atomic E-state index is 12.2. The van der Waals surface area contributed by atoms with E-state index in [1.165, 1.54) is 19.3 Å². The van der Waals surface area contributed by atoms with Crippen molar-refractivity contribution in [1.29, 1.82) is 0 Å². The molecule has 7 nitrogen and oxygen atoms in total. The van der Waals surface area contributed by atoms with Gasteiger partial charge in [-0.1, -0.05) is 25.7 Å². The molecular formula is C21H39N5O2. The molecule has 1 heterocycles. The number of guanidine groups is 1. The minimum Gasteiger partial charge on any atom is -0.357 e. The molecular weight excluding hydrogens is 354 g/mol. The molecule has 2 aliphatic rings. The molecule has 1 saturated carbocycles. The molecule has 3 N–H and O–H groups in total. The Balaban J connectivity index is 1.62. The lowest BCUT2D eigenvalue weighted by atomic mass is 9.89. The van der Waals surface area contributed by atoms with Gasteiger partial charge in [-0.2, -0.15) is 0 Å². The maximum atomic E-state index is 12.2. The third kappa shape index (κ3) is 8.48. The standard InChI is InChI=1S/C21H39N5O2/c1-2-22-21(24-13-9-17-26-16-8-4-7-12-19(26)27)25-15-14-23-20(28)18-10-5-3-6-11-18/h18H,2-17H2,1H3,(H,23,28)(H2,22,24,25). The summed E-state index contributed by atoms with van der Waals surface area (Å²) in [6.45, 7) is 6.48. The van der Waals surface area contributed by atoms with Gasteiger partial charge in [-0.15, -0.1) is 0 Å². The van der Waals surface area contributed by atoms with E-state index in [0.29, 0.717) is 32.0 Å². The van der Waals surface area contributed by atoms with Crippen LogP contribution in [0, 0.1) is 5.92 Å². The van der Waals surface area contributed by atoms with Crippen LogP contribution < -0.4 is 16.0 Å². The van der Waals surface area contributed by atoms with Crippen LogP contribution in [0.2, 0.25) is 0 Å². The molecule has 0 unspecified atom stereocenters. The predicted octanol–water partition coefficient (Wildman–Crippen LogP) is 2.03. The second-order valence-electron chi connectivity index (χ2n) is 7.86. The summed E-state index contributed by atoms with van der Waals surface area (Å²) < 4.78 is 0. The fourth-order valence-electron chi connectivity index (χ4n) is 3.94. The Morgan fingerprint density at radius 1 is 1.04 bits per heavy atom. The minimum atomic E-state index is 0.200. The summed E-state index contributed by atoms with van der Waals surface area (Å²) in [5.41, 5.74) is 0. The SMILES string of the molecule is CCNC(=NCCCN1CCCCCC1=O)NCCNC(=O)C1CCCCC1. The highest BCUT2D eigenvalue weighted by molar-refractivity contribution is 5.80. The molecule has 0 aromatic carbocycles. The quantitative estimate of drug-likeness (QED) is 0.318. The number of hydrogen-bond donors (Lipinski definition) is 3. The molecule has 1 saturated heterocycles. The van der Waals surface area contributed by atoms with Crippen LogP contribution in [0.3, 0.4) is 0 Å². The van der Waals surface area contributed by atoms with Gasteiger partial charge in [0.25, 0.3) is 0 Å². The van der Waals surface area contributed by atoms with Crippen LogP contribution in [-0.4, -0.2) is 61.9 Å². The van der Waals surface area contributed by atoms with E-state index in [1.807, 2.05) is 11.8 Å². The zero-order valence-electron chi connectivity index (χ0n) is 17.6. The Morgan fingerprint density at radius 2 is 1.79 bits per heavy atom. The van der Waals surface area contributed by atoms with Crippen LogP contribution in [0.5, 0.6) is 0 Å². The summed E-state index contributed by atoms with van der Waals surface area (Å²) in [4.78, 5) is 30.8. The molecule has 0 aromatic heterocycles. The Morgan fingerprint density at radius 3 is 2.57 bits per heavy atom. The van der Waals surface area contributed by atoms with Crippen LogP contribution in [0.1, 0.15) is 71.1 Å². The summed E-state index contributed by atoms with van der Waals surface area (Å²) in [7, 11) is 0. The molecule has 7 heteroatoms. The first-order chi connectivity index (χ1) is 13.7. The number of nitrogens with zero attached hydrogens (tertiary/aromatic N) is 2. The molecule has 0 bridgehead atoms. The smallest absolute Gasteiger partial charge is 0.223 e. The van der Waals surface area contributed by atoms with Gasteiger partial charge in [0.15, 0.2) is 5.96 Å². The summed E-state index contributed by atoms with van der Waals surface area (Å²) in [6.07, 6.45) is 10.6. The zero-order chi connectivity index (χ0) is 20.0. The second-order valence-corrected chi connectivity index (χ2v) is 7.86. The van der Waals surface area contributed by atoms with Crippen molar-refractivity contribution in [1.82, 2.24) is 20.9 Å². The molecule has 0 radical (unpaired) electrons. The monoisotopic (exact) mass is 393 g/mol. The molecule has 2 fully saturated rings. The van der Waals surface area contributed by atoms with Gasteiger partial charge in [-0.25, -0.2) is 0 Å². The fraction of sp³-hybridized carbons (Fsp3) is 0.857. The predicted molar refractivity (Wildman–Crippen MR) is 113 cm³/mol. The number of amides is 2. The number of carbonyl (C=O) groups is 2. The van der Waals surface area contributed by atoms with Crippen LogP contribution in [0.4, 0.5) is 0 Å². The van der Waals surface area contributed by atoms with Crippen molar-refractivity contribution in [3.8, 4) is 0 Å². The highest BCUT2D eigenvalue weighted by atomic mass is 16.2. The maximum Gasteiger partial charge on any atom is 0.223 e. The molecule has 28 heavy (non-hydrogen) atoms. The first kappa shape index (κ1) is 22.5. The second kappa shape index (κ2) is 13.4. The molecule has 2 amide bonds. The normalized spacial score (nSPS) is 19.2. The van der Waals surface area contributed by atoms with Crippen LogP contribution in [0.25, 0.3) is 0 Å². The number of hydrogen-bond acceptors (Lipinski definition) is 3. The highest BCUT2D eigenvalue weighted by Gasteiger charge is 2.20. The van der Waals surface area contributed by atoms with Gasteiger partial charge in [0.2, 0.25) is 11.8 Å². The highest BCUT2D eigenvalue weighted by Crippen LogP contribution is 2.23. The van der Waals surface area contributed by atoms with Crippen LogP contribution >= 0.6 is 0 Å². The summed E-state index contributed by atoms with van der Waals surface area (Å²) in [5, 5.41) is 9.56. The number of likely N-dealkylation sites (tertiary alicyclic amines) is 1. The largest absolute Gasteiger partial charge is 0.357 e.